The number of likely N-dealkylation sites (tertiary alicyclic amines) is 1. The largest absolute Gasteiger partial charge is 0.493 e. The van der Waals surface area contributed by atoms with Crippen molar-refractivity contribution in [1.29, 1.82) is 5.26 Å². The van der Waals surface area contributed by atoms with Gasteiger partial charge < -0.3 is 24.2 Å². The lowest BCUT2D eigenvalue weighted by Crippen LogP contribution is -2.83. The Bertz CT molecular complexity index is 1070. The topological polar surface area (TPSA) is 75.0 Å². The van der Waals surface area contributed by atoms with E-state index in [9.17, 15) is 10.4 Å². The Morgan fingerprint density at radius 2 is 1.94 bits per heavy atom. The van der Waals surface area contributed by atoms with Crippen LogP contribution in [-0.4, -0.2) is 54.1 Å². The van der Waals surface area contributed by atoms with E-state index in [2.05, 4.69) is 33.0 Å². The van der Waals surface area contributed by atoms with Gasteiger partial charge in [-0.2, -0.15) is 5.26 Å². The summed E-state index contributed by atoms with van der Waals surface area (Å²) >= 11 is 0. The summed E-state index contributed by atoms with van der Waals surface area (Å²) in [5.74, 6) is 1.54. The number of nitrogens with zero attached hydrogens (tertiary/aromatic N) is 2. The summed E-state index contributed by atoms with van der Waals surface area (Å²) in [5.41, 5.74) is 0.315. The van der Waals surface area contributed by atoms with Crippen molar-refractivity contribution >= 4 is 0 Å². The zero-order valence-electron chi connectivity index (χ0n) is 20.7. The lowest BCUT2D eigenvalue weighted by Gasteiger charge is -2.75. The van der Waals surface area contributed by atoms with E-state index in [1.54, 1.807) is 14.2 Å². The molecule has 0 radical (unpaired) electrons. The van der Waals surface area contributed by atoms with Gasteiger partial charge >= 0.3 is 0 Å². The molecule has 6 heteroatoms. The van der Waals surface area contributed by atoms with Gasteiger partial charge in [-0.25, -0.2) is 0 Å². The highest BCUT2D eigenvalue weighted by atomic mass is 16.6. The van der Waals surface area contributed by atoms with E-state index in [-0.39, 0.29) is 34.3 Å². The minimum atomic E-state index is -0.966. The molecular formula is C27H36N2O4. The van der Waals surface area contributed by atoms with Crippen molar-refractivity contribution in [1.82, 2.24) is 4.90 Å². The van der Waals surface area contributed by atoms with E-state index >= 15 is 0 Å². The van der Waals surface area contributed by atoms with Crippen LogP contribution in [0.25, 0.3) is 0 Å². The van der Waals surface area contributed by atoms with Crippen LogP contribution in [0.1, 0.15) is 64.5 Å². The zero-order chi connectivity index (χ0) is 23.6. The van der Waals surface area contributed by atoms with Crippen molar-refractivity contribution in [2.75, 3.05) is 20.8 Å². The molecule has 3 saturated carbocycles. The molecule has 7 atom stereocenters. The van der Waals surface area contributed by atoms with Crippen LogP contribution in [0.4, 0.5) is 0 Å². The molecule has 6 nitrogen and oxygen atoms in total. The Morgan fingerprint density at radius 3 is 2.58 bits per heavy atom. The number of aliphatic hydroxyl groups is 1. The lowest BCUT2D eigenvalue weighted by atomic mass is 9.33. The molecule has 6 aliphatic rings. The first-order valence-electron chi connectivity index (χ1n) is 12.3. The van der Waals surface area contributed by atoms with E-state index in [0.717, 1.165) is 50.1 Å². The fourth-order valence-corrected chi connectivity index (χ4v) is 8.91. The first-order chi connectivity index (χ1) is 15.5. The monoisotopic (exact) mass is 452 g/mol. The average molecular weight is 453 g/mol. The highest BCUT2D eigenvalue weighted by Gasteiger charge is 2.82. The van der Waals surface area contributed by atoms with Crippen molar-refractivity contribution < 1.29 is 19.3 Å². The number of methoxy groups -OCH3 is 2. The summed E-state index contributed by atoms with van der Waals surface area (Å²) in [4.78, 5) is 2.03. The van der Waals surface area contributed by atoms with Crippen LogP contribution in [-0.2, 0) is 16.6 Å². The van der Waals surface area contributed by atoms with Gasteiger partial charge in [-0.05, 0) is 56.1 Å². The van der Waals surface area contributed by atoms with E-state index in [1.807, 2.05) is 17.9 Å². The zero-order valence-corrected chi connectivity index (χ0v) is 20.7. The van der Waals surface area contributed by atoms with Crippen molar-refractivity contribution in [3.05, 3.63) is 23.3 Å². The molecule has 33 heavy (non-hydrogen) atoms. The van der Waals surface area contributed by atoms with Gasteiger partial charge in [-0.3, -0.25) is 0 Å². The molecule has 4 aliphatic carbocycles. The third-order valence-corrected chi connectivity index (χ3v) is 10.9. The normalized spacial score (nSPS) is 41.6. The molecule has 2 heterocycles. The molecule has 2 aliphatic heterocycles. The summed E-state index contributed by atoms with van der Waals surface area (Å²) in [5, 5.41) is 22.2. The quantitative estimate of drug-likeness (QED) is 0.704. The molecule has 4 bridgehead atoms. The Labute approximate surface area is 196 Å². The Kier molecular flexibility index (Phi) is 4.03. The fraction of sp³-hybridized carbons (Fsp3) is 0.741. The van der Waals surface area contributed by atoms with Crippen LogP contribution >= 0.6 is 0 Å². The third-order valence-electron chi connectivity index (χ3n) is 10.9. The summed E-state index contributed by atoms with van der Waals surface area (Å²) < 4.78 is 19.3. The maximum absolute atomic E-state index is 12.1. The Morgan fingerprint density at radius 1 is 1.18 bits per heavy atom. The maximum Gasteiger partial charge on any atom is 0.179 e. The van der Waals surface area contributed by atoms with Crippen LogP contribution < -0.4 is 9.47 Å². The molecule has 0 aromatic heterocycles. The van der Waals surface area contributed by atoms with Crippen LogP contribution in [0, 0.1) is 28.2 Å². The smallest absolute Gasteiger partial charge is 0.179 e. The number of hydrogen-bond acceptors (Lipinski definition) is 6. The third kappa shape index (κ3) is 2.10. The number of hydrogen-bond donors (Lipinski definition) is 1. The number of ether oxygens (including phenoxy) is 3. The molecule has 1 aromatic carbocycles. The number of rotatable bonds is 3. The highest BCUT2D eigenvalue weighted by molar-refractivity contribution is 5.63. The SMILES string of the molecule is COc1ccc2c3c1O[C@H]1[C@@]4(OC)CC[C@@]5(C[C@@H]4C(C)(O)C(C)(C)C)[C@@H](C2)N(C#N)CC[C@]315. The number of piperidine rings is 1. The van der Waals surface area contributed by atoms with Gasteiger partial charge in [0.1, 0.15) is 11.7 Å². The Balaban J connectivity index is 1.66. The number of fused-ring (bicyclic) bond motifs is 2. The molecular weight excluding hydrogens is 416 g/mol. The van der Waals surface area contributed by atoms with E-state index in [0.29, 0.717) is 0 Å². The minimum Gasteiger partial charge on any atom is -0.493 e. The molecule has 1 N–H and O–H groups in total. The highest BCUT2D eigenvalue weighted by Crippen LogP contribution is 2.77. The predicted octanol–water partition coefficient (Wildman–Crippen LogP) is 3.79. The molecule has 7 rings (SSSR count). The second-order valence-corrected chi connectivity index (χ2v) is 12.3. The maximum atomic E-state index is 12.1. The van der Waals surface area contributed by atoms with Gasteiger partial charge in [0.15, 0.2) is 17.7 Å². The molecule has 1 saturated heterocycles. The molecule has 2 spiro atoms. The van der Waals surface area contributed by atoms with E-state index < -0.39 is 11.2 Å². The van der Waals surface area contributed by atoms with Gasteiger partial charge in [0, 0.05) is 42.0 Å². The van der Waals surface area contributed by atoms with Crippen molar-refractivity contribution in [2.24, 2.45) is 16.7 Å². The van der Waals surface area contributed by atoms with Crippen molar-refractivity contribution in [2.45, 2.75) is 88.6 Å². The predicted molar refractivity (Wildman–Crippen MR) is 123 cm³/mol. The fourth-order valence-electron chi connectivity index (χ4n) is 8.91. The minimum absolute atomic E-state index is 0.107. The molecule has 1 aromatic rings. The molecule has 0 amide bonds. The lowest BCUT2D eigenvalue weighted by molar-refractivity contribution is -0.309. The second-order valence-electron chi connectivity index (χ2n) is 12.3. The summed E-state index contributed by atoms with van der Waals surface area (Å²) in [6, 6.07) is 4.30. The van der Waals surface area contributed by atoms with Crippen LogP contribution in [0.3, 0.4) is 0 Å². The van der Waals surface area contributed by atoms with Gasteiger partial charge in [-0.15, -0.1) is 0 Å². The Hall–Kier alpha value is -1.97. The standard InChI is InChI=1S/C27H36N2O4/c1-23(2,3)24(4,30)18-14-25-9-10-27(18,32-6)22-26(25)11-12-29(15-28)19(25)13-16-7-8-17(31-5)21(33-22)20(16)26/h7-8,18-19,22,30H,9-14H2,1-6H3/t18-,19-,22-,24?,25-,26+,27-/m1/s1. The summed E-state index contributed by atoms with van der Waals surface area (Å²) in [7, 11) is 3.50. The van der Waals surface area contributed by atoms with E-state index in [1.165, 1.54) is 11.1 Å². The van der Waals surface area contributed by atoms with Gasteiger partial charge in [-0.1, -0.05) is 26.8 Å². The number of nitriles is 1. The molecule has 1 unspecified atom stereocenters. The van der Waals surface area contributed by atoms with Gasteiger partial charge in [0.2, 0.25) is 0 Å². The first-order valence-corrected chi connectivity index (χ1v) is 12.3. The van der Waals surface area contributed by atoms with Crippen LogP contribution in [0.15, 0.2) is 12.1 Å². The number of benzene rings is 1. The average Bonchev–Trinajstić information content (AvgIpc) is 3.15. The molecule has 178 valence electrons. The van der Waals surface area contributed by atoms with Gasteiger partial charge in [0.25, 0.3) is 0 Å². The van der Waals surface area contributed by atoms with Crippen molar-refractivity contribution in [3.63, 3.8) is 0 Å². The van der Waals surface area contributed by atoms with E-state index in [4.69, 9.17) is 14.2 Å². The molecule has 4 fully saturated rings. The van der Waals surface area contributed by atoms with Crippen molar-refractivity contribution in [3.8, 4) is 17.7 Å². The summed E-state index contributed by atoms with van der Waals surface area (Å²) in [6.45, 7) is 9.05. The van der Waals surface area contributed by atoms with Gasteiger partial charge in [0.05, 0.1) is 12.7 Å². The summed E-state index contributed by atoms with van der Waals surface area (Å²) in [6.07, 6.45) is 6.68. The first kappa shape index (κ1) is 21.6. The van der Waals surface area contributed by atoms with Crippen LogP contribution in [0.2, 0.25) is 0 Å². The second kappa shape index (κ2) is 6.17. The van der Waals surface area contributed by atoms with Crippen LogP contribution in [0.5, 0.6) is 11.5 Å².